The predicted octanol–water partition coefficient (Wildman–Crippen LogP) is 5.52. The van der Waals surface area contributed by atoms with E-state index < -0.39 is 14.2 Å². The van der Waals surface area contributed by atoms with E-state index in [0.29, 0.717) is 55.6 Å². The maximum atomic E-state index is 11.8. The highest BCUT2D eigenvalue weighted by Crippen LogP contribution is 2.34. The van der Waals surface area contributed by atoms with E-state index in [-0.39, 0.29) is 23.6 Å². The van der Waals surface area contributed by atoms with Crippen molar-refractivity contribution in [3.63, 3.8) is 0 Å². The molecule has 0 spiro atoms. The Hall–Kier alpha value is -2.99. The Balaban J connectivity index is 1.63. The molecule has 1 saturated heterocycles. The van der Waals surface area contributed by atoms with E-state index in [1.54, 1.807) is 12.5 Å². The van der Waals surface area contributed by atoms with Crippen LogP contribution in [0.3, 0.4) is 0 Å². The second kappa shape index (κ2) is 11.2. The van der Waals surface area contributed by atoms with Gasteiger partial charge < -0.3 is 24.0 Å². The highest BCUT2D eigenvalue weighted by atomic mass is 28.3. The Bertz CT molecular complexity index is 1290. The van der Waals surface area contributed by atoms with Crippen LogP contribution in [-0.2, 0) is 11.5 Å². The van der Waals surface area contributed by atoms with E-state index in [4.69, 9.17) is 19.4 Å². The fraction of sp³-hybridized carbons (Fsp3) is 0.667. The molecule has 39 heavy (non-hydrogen) atoms. The maximum absolute atomic E-state index is 11.8. The van der Waals surface area contributed by atoms with Gasteiger partial charge in [-0.1, -0.05) is 40.4 Å². The van der Waals surface area contributed by atoms with Gasteiger partial charge in [-0.2, -0.15) is 5.10 Å². The van der Waals surface area contributed by atoms with Crippen LogP contribution in [0.1, 0.15) is 53.5 Å². The van der Waals surface area contributed by atoms with E-state index in [1.807, 2.05) is 15.4 Å². The lowest BCUT2D eigenvalue weighted by molar-refractivity contribution is 0.0116. The Kier molecular flexibility index (Phi) is 8.36. The van der Waals surface area contributed by atoms with Gasteiger partial charge >= 0.3 is 6.09 Å². The van der Waals surface area contributed by atoms with Gasteiger partial charge in [-0.05, 0) is 25.3 Å². The monoisotopic (exact) mass is 557 g/mol. The van der Waals surface area contributed by atoms with Crippen molar-refractivity contribution in [3.8, 4) is 17.3 Å². The summed E-state index contributed by atoms with van der Waals surface area (Å²) in [6, 6.07) is 1.05. The molecule has 1 amide bonds. The number of hydrogen-bond acceptors (Lipinski definition) is 7. The third-order valence-electron chi connectivity index (χ3n) is 7.16. The minimum Gasteiger partial charge on any atom is -0.473 e. The van der Waals surface area contributed by atoms with Crippen molar-refractivity contribution >= 4 is 25.3 Å². The number of hydrogen-bond donors (Lipinski definition) is 1. The molecule has 1 N–H and O–H groups in total. The number of ether oxygens (including phenoxy) is 2. The lowest BCUT2D eigenvalue weighted by atomic mass is 9.80. The first-order valence-electron chi connectivity index (χ1n) is 13.7. The van der Waals surface area contributed by atoms with Gasteiger partial charge in [0.15, 0.2) is 11.5 Å². The molecule has 4 heterocycles. The van der Waals surface area contributed by atoms with Crippen molar-refractivity contribution in [2.45, 2.75) is 98.1 Å². The largest absolute Gasteiger partial charge is 0.473 e. The molecule has 0 aliphatic carbocycles. The quantitative estimate of drug-likeness (QED) is 0.270. The van der Waals surface area contributed by atoms with Crippen LogP contribution in [0.15, 0.2) is 18.7 Å². The molecule has 1 fully saturated rings. The number of likely N-dealkylation sites (tertiary alicyclic amines) is 1. The molecule has 214 valence electrons. The Morgan fingerprint density at radius 2 is 1.97 bits per heavy atom. The molecule has 11 nitrogen and oxygen atoms in total. The summed E-state index contributed by atoms with van der Waals surface area (Å²) in [5.41, 5.74) is 1.97. The van der Waals surface area contributed by atoms with Crippen LogP contribution < -0.4 is 4.74 Å². The summed E-state index contributed by atoms with van der Waals surface area (Å²) in [5, 5.41) is 14.1. The highest BCUT2D eigenvalue weighted by molar-refractivity contribution is 6.76. The highest BCUT2D eigenvalue weighted by Gasteiger charge is 2.39. The van der Waals surface area contributed by atoms with Gasteiger partial charge in [0.25, 0.3) is 0 Å². The molecule has 12 heteroatoms. The molecule has 1 aliphatic heterocycles. The van der Waals surface area contributed by atoms with E-state index >= 15 is 0 Å². The summed E-state index contributed by atoms with van der Waals surface area (Å²) in [7, 11) is -1.20. The lowest BCUT2D eigenvalue weighted by Crippen LogP contribution is -2.53. The fourth-order valence-corrected chi connectivity index (χ4v) is 5.73. The number of aromatic nitrogens is 6. The zero-order chi connectivity index (χ0) is 28.5. The smallest absolute Gasteiger partial charge is 0.407 e. The van der Waals surface area contributed by atoms with Gasteiger partial charge in [0, 0.05) is 52.3 Å². The molecule has 0 saturated carbocycles. The van der Waals surface area contributed by atoms with E-state index in [2.05, 4.69) is 64.3 Å². The number of rotatable bonds is 9. The zero-order valence-electron chi connectivity index (χ0n) is 24.5. The van der Waals surface area contributed by atoms with Gasteiger partial charge in [-0.15, -0.1) is 0 Å². The molecular weight excluding hydrogens is 514 g/mol. The number of carbonyl (C=O) groups is 1. The van der Waals surface area contributed by atoms with Crippen molar-refractivity contribution in [1.29, 1.82) is 0 Å². The molecule has 0 radical (unpaired) electrons. The maximum Gasteiger partial charge on any atom is 0.407 e. The van der Waals surface area contributed by atoms with Gasteiger partial charge in [-0.3, -0.25) is 0 Å². The molecule has 0 aromatic carbocycles. The van der Waals surface area contributed by atoms with Gasteiger partial charge in [-0.25, -0.2) is 24.4 Å². The van der Waals surface area contributed by atoms with Gasteiger partial charge in [0.1, 0.15) is 24.7 Å². The van der Waals surface area contributed by atoms with Crippen molar-refractivity contribution < 1.29 is 19.4 Å². The van der Waals surface area contributed by atoms with Gasteiger partial charge in [0.2, 0.25) is 5.88 Å². The number of amides is 1. The van der Waals surface area contributed by atoms with Crippen LogP contribution in [0, 0.1) is 5.41 Å². The van der Waals surface area contributed by atoms with E-state index in [9.17, 15) is 9.90 Å². The second-order valence-corrected chi connectivity index (χ2v) is 18.6. The van der Waals surface area contributed by atoms with Crippen LogP contribution in [0.25, 0.3) is 22.6 Å². The Morgan fingerprint density at radius 3 is 2.62 bits per heavy atom. The minimum absolute atomic E-state index is 0.120. The summed E-state index contributed by atoms with van der Waals surface area (Å²) in [5.74, 6) is 1.13. The second-order valence-electron chi connectivity index (χ2n) is 13.0. The van der Waals surface area contributed by atoms with E-state index in [1.165, 1.54) is 4.90 Å². The average molecular weight is 558 g/mol. The Labute approximate surface area is 231 Å². The summed E-state index contributed by atoms with van der Waals surface area (Å²) >= 11 is 0. The molecule has 2 unspecified atom stereocenters. The molecule has 4 rings (SSSR count). The lowest BCUT2D eigenvalue weighted by Gasteiger charge is -2.44. The number of nitrogens with zero attached hydrogens (tertiary/aromatic N) is 7. The number of carboxylic acid groups (broad SMARTS) is 1. The van der Waals surface area contributed by atoms with Crippen molar-refractivity contribution in [2.24, 2.45) is 5.41 Å². The summed E-state index contributed by atoms with van der Waals surface area (Å²) in [6.45, 7) is 18.8. The summed E-state index contributed by atoms with van der Waals surface area (Å²) < 4.78 is 16.2. The third-order valence-corrected chi connectivity index (χ3v) is 8.86. The minimum atomic E-state index is -1.20. The molecule has 3 aromatic rings. The zero-order valence-corrected chi connectivity index (χ0v) is 25.5. The van der Waals surface area contributed by atoms with Gasteiger partial charge in [0.05, 0.1) is 11.8 Å². The molecule has 2 atom stereocenters. The first-order chi connectivity index (χ1) is 18.2. The van der Waals surface area contributed by atoms with Crippen molar-refractivity contribution in [1.82, 2.24) is 34.2 Å². The molecule has 3 aromatic heterocycles. The molecule has 1 aliphatic rings. The number of fused-ring (bicyclic) bond motifs is 1. The van der Waals surface area contributed by atoms with E-state index in [0.717, 1.165) is 11.6 Å². The third kappa shape index (κ3) is 6.78. The normalized spacial score (nSPS) is 18.7. The Morgan fingerprint density at radius 1 is 1.23 bits per heavy atom. The molecule has 0 bridgehead atoms. The van der Waals surface area contributed by atoms with Crippen LogP contribution in [0.2, 0.25) is 25.7 Å². The van der Waals surface area contributed by atoms with Crippen molar-refractivity contribution in [3.05, 3.63) is 18.7 Å². The van der Waals surface area contributed by atoms with Crippen LogP contribution >= 0.6 is 0 Å². The standard InChI is InChI=1S/C27H43N7O4Si/c1-18(2)34-24(29-16-30-34)20-15-32(17-37-11-12-39(6,7)8)25-23(20)31-22(14-28-25)38-19-9-10-33(26(35)36)21(13-19)27(3,4)5/h14-16,18-19,21H,9-13,17H2,1-8H3,(H,35,36). The predicted molar refractivity (Wildman–Crippen MR) is 153 cm³/mol. The van der Waals surface area contributed by atoms with Crippen LogP contribution in [0.5, 0.6) is 5.88 Å². The van der Waals surface area contributed by atoms with Crippen LogP contribution in [0.4, 0.5) is 4.79 Å². The SMILES string of the molecule is CC(C)n1ncnc1-c1cn(COCC[Si](C)(C)C)c2ncc(OC3CCN(C(=O)O)C(C(C)(C)C)C3)nc12. The summed E-state index contributed by atoms with van der Waals surface area (Å²) in [4.78, 5) is 27.5. The fourth-order valence-electron chi connectivity index (χ4n) is 4.98. The molecular formula is C27H43N7O4Si. The van der Waals surface area contributed by atoms with Crippen LogP contribution in [-0.4, -0.2) is 78.8 Å². The van der Waals surface area contributed by atoms with Crippen molar-refractivity contribution in [2.75, 3.05) is 13.2 Å². The number of piperidine rings is 1. The first kappa shape index (κ1) is 29.0. The average Bonchev–Trinajstić information content (AvgIpc) is 3.45. The topological polar surface area (TPSA) is 120 Å². The first-order valence-corrected chi connectivity index (χ1v) is 17.4. The summed E-state index contributed by atoms with van der Waals surface area (Å²) in [6.07, 6.45) is 5.32.